The normalized spacial score (nSPS) is 10.5. The predicted molar refractivity (Wildman–Crippen MR) is 57.2 cm³/mol. The molecule has 0 aliphatic carbocycles. The Morgan fingerprint density at radius 1 is 1.40 bits per heavy atom. The Labute approximate surface area is 90.2 Å². The van der Waals surface area contributed by atoms with E-state index in [2.05, 4.69) is 4.98 Å². The van der Waals surface area contributed by atoms with Crippen LogP contribution in [-0.4, -0.2) is 9.66 Å². The fourth-order valence-electron chi connectivity index (χ4n) is 1.26. The van der Waals surface area contributed by atoms with Gasteiger partial charge < -0.3 is 11.6 Å². The van der Waals surface area contributed by atoms with E-state index in [1.165, 1.54) is 29.2 Å². The van der Waals surface area contributed by atoms with Crippen molar-refractivity contribution in [2.45, 2.75) is 0 Å². The number of hydrogen-bond acceptors (Lipinski definition) is 3. The molecule has 1 aromatic heterocycles. The first kappa shape index (κ1) is 9.79. The smallest absolute Gasteiger partial charge is 0.150 e. The number of nitrogen functional groups attached to an aromatic ring is 2. The lowest BCUT2D eigenvalue weighted by Crippen LogP contribution is -2.10. The van der Waals surface area contributed by atoms with Crippen LogP contribution in [0, 0.1) is 5.82 Å². The lowest BCUT2D eigenvalue weighted by Gasteiger charge is -2.02. The summed E-state index contributed by atoms with van der Waals surface area (Å²) in [4.78, 5) is 3.98. The van der Waals surface area contributed by atoms with Crippen molar-refractivity contribution in [2.24, 2.45) is 0 Å². The summed E-state index contributed by atoms with van der Waals surface area (Å²) in [6.45, 7) is 0. The Balaban J connectivity index is 2.59. The van der Waals surface area contributed by atoms with E-state index in [1.54, 1.807) is 0 Å². The van der Waals surface area contributed by atoms with Crippen LogP contribution in [-0.2, 0) is 0 Å². The van der Waals surface area contributed by atoms with Crippen molar-refractivity contribution in [1.82, 2.24) is 9.66 Å². The van der Waals surface area contributed by atoms with Crippen LogP contribution in [0.25, 0.3) is 11.3 Å². The fourth-order valence-corrected chi connectivity index (χ4v) is 1.52. The van der Waals surface area contributed by atoms with Crippen LogP contribution in [0.5, 0.6) is 0 Å². The van der Waals surface area contributed by atoms with Crippen LogP contribution in [0.2, 0.25) is 5.02 Å². The van der Waals surface area contributed by atoms with Crippen LogP contribution >= 0.6 is 11.6 Å². The third-order valence-corrected chi connectivity index (χ3v) is 2.33. The quantitative estimate of drug-likeness (QED) is 0.727. The average Bonchev–Trinajstić information content (AvgIpc) is 2.49. The summed E-state index contributed by atoms with van der Waals surface area (Å²) in [7, 11) is 0. The highest BCUT2D eigenvalue weighted by Gasteiger charge is 2.12. The molecule has 0 saturated heterocycles. The van der Waals surface area contributed by atoms with E-state index < -0.39 is 5.82 Å². The van der Waals surface area contributed by atoms with Gasteiger partial charge in [0, 0.05) is 5.56 Å². The highest BCUT2D eigenvalue weighted by Crippen LogP contribution is 2.30. The summed E-state index contributed by atoms with van der Waals surface area (Å²) >= 11 is 5.86. The topological polar surface area (TPSA) is 69.9 Å². The van der Waals surface area contributed by atoms with E-state index in [9.17, 15) is 4.39 Å². The van der Waals surface area contributed by atoms with Gasteiger partial charge in [0.15, 0.2) is 5.82 Å². The summed E-state index contributed by atoms with van der Waals surface area (Å²) in [5.74, 6) is 5.34. The molecular formula is C9H8ClFN4. The van der Waals surface area contributed by atoms with E-state index >= 15 is 0 Å². The molecule has 0 radical (unpaired) electrons. The van der Waals surface area contributed by atoms with E-state index in [4.69, 9.17) is 23.2 Å². The molecule has 0 aliphatic rings. The number of hydrogen-bond donors (Lipinski definition) is 2. The number of aromatic nitrogens is 2. The van der Waals surface area contributed by atoms with Crippen molar-refractivity contribution < 1.29 is 4.39 Å². The van der Waals surface area contributed by atoms with E-state index in [0.717, 1.165) is 0 Å². The minimum Gasteiger partial charge on any atom is -0.382 e. The van der Waals surface area contributed by atoms with Gasteiger partial charge in [0.2, 0.25) is 0 Å². The maximum atomic E-state index is 12.8. The van der Waals surface area contributed by atoms with Gasteiger partial charge in [-0.2, -0.15) is 0 Å². The number of benzene rings is 1. The summed E-state index contributed by atoms with van der Waals surface area (Å²) in [5.41, 5.74) is 6.67. The summed E-state index contributed by atoms with van der Waals surface area (Å²) in [6, 6.07) is 4.00. The summed E-state index contributed by atoms with van der Waals surface area (Å²) in [5, 5.41) is 0.250. The third kappa shape index (κ3) is 1.61. The molecule has 0 saturated carbocycles. The van der Waals surface area contributed by atoms with Gasteiger partial charge in [0.1, 0.15) is 17.8 Å². The molecular weight excluding hydrogens is 219 g/mol. The number of nitrogens with two attached hydrogens (primary N) is 2. The Morgan fingerprint density at radius 3 is 2.67 bits per heavy atom. The Morgan fingerprint density at radius 2 is 2.13 bits per heavy atom. The molecule has 78 valence electrons. The van der Waals surface area contributed by atoms with Crippen molar-refractivity contribution in [3.8, 4) is 11.3 Å². The molecule has 0 aliphatic heterocycles. The second-order valence-electron chi connectivity index (χ2n) is 3.01. The van der Waals surface area contributed by atoms with Gasteiger partial charge in [-0.1, -0.05) is 11.6 Å². The van der Waals surface area contributed by atoms with Gasteiger partial charge in [-0.05, 0) is 18.2 Å². The monoisotopic (exact) mass is 226 g/mol. The zero-order valence-electron chi connectivity index (χ0n) is 7.61. The first-order valence-corrected chi connectivity index (χ1v) is 4.50. The lowest BCUT2D eigenvalue weighted by atomic mass is 10.1. The van der Waals surface area contributed by atoms with E-state index in [-0.39, 0.29) is 10.8 Å². The molecule has 0 unspecified atom stereocenters. The van der Waals surface area contributed by atoms with E-state index in [0.29, 0.717) is 11.3 Å². The van der Waals surface area contributed by atoms with Crippen molar-refractivity contribution in [3.05, 3.63) is 35.4 Å². The third-order valence-electron chi connectivity index (χ3n) is 2.02. The molecule has 0 bridgehead atoms. The highest BCUT2D eigenvalue weighted by atomic mass is 35.5. The number of nitrogens with zero attached hydrogens (tertiary/aromatic N) is 2. The van der Waals surface area contributed by atoms with Gasteiger partial charge in [-0.15, -0.1) is 0 Å². The number of anilines is 1. The molecule has 1 heterocycles. The van der Waals surface area contributed by atoms with E-state index in [1.807, 2.05) is 0 Å². The van der Waals surface area contributed by atoms with Crippen LogP contribution in [0.15, 0.2) is 24.5 Å². The Hall–Kier alpha value is -1.75. The molecule has 15 heavy (non-hydrogen) atoms. The molecule has 4 nitrogen and oxygen atoms in total. The molecule has 0 fully saturated rings. The SMILES string of the molecule is Nc1c(-c2ccc(F)cc2Cl)ncn1N. The maximum absolute atomic E-state index is 12.8. The average molecular weight is 227 g/mol. The van der Waals surface area contributed by atoms with Gasteiger partial charge in [0.25, 0.3) is 0 Å². The largest absolute Gasteiger partial charge is 0.382 e. The number of halogens is 2. The van der Waals surface area contributed by atoms with Crippen molar-refractivity contribution >= 4 is 17.4 Å². The molecule has 0 atom stereocenters. The molecule has 2 aromatic rings. The second-order valence-corrected chi connectivity index (χ2v) is 3.42. The second kappa shape index (κ2) is 3.43. The predicted octanol–water partition coefficient (Wildman–Crippen LogP) is 1.64. The van der Waals surface area contributed by atoms with Crippen molar-refractivity contribution in [2.75, 3.05) is 11.6 Å². The number of rotatable bonds is 1. The van der Waals surface area contributed by atoms with Crippen LogP contribution in [0.3, 0.4) is 0 Å². The zero-order chi connectivity index (χ0) is 11.0. The minimum atomic E-state index is -0.408. The number of imidazole rings is 1. The van der Waals surface area contributed by atoms with Gasteiger partial charge in [-0.25, -0.2) is 14.1 Å². The molecule has 0 spiro atoms. The maximum Gasteiger partial charge on any atom is 0.150 e. The Kier molecular flexibility index (Phi) is 2.24. The van der Waals surface area contributed by atoms with Crippen molar-refractivity contribution in [1.29, 1.82) is 0 Å². The van der Waals surface area contributed by atoms with Crippen molar-refractivity contribution in [3.63, 3.8) is 0 Å². The molecule has 4 N–H and O–H groups in total. The molecule has 6 heteroatoms. The first-order chi connectivity index (χ1) is 7.09. The molecule has 0 amide bonds. The van der Waals surface area contributed by atoms with Gasteiger partial charge in [-0.3, -0.25) is 0 Å². The lowest BCUT2D eigenvalue weighted by molar-refractivity contribution is 0.628. The van der Waals surface area contributed by atoms with Gasteiger partial charge >= 0.3 is 0 Å². The van der Waals surface area contributed by atoms with Gasteiger partial charge in [0.05, 0.1) is 5.02 Å². The highest BCUT2D eigenvalue weighted by molar-refractivity contribution is 6.33. The van der Waals surface area contributed by atoms with Crippen LogP contribution in [0.4, 0.5) is 10.2 Å². The first-order valence-electron chi connectivity index (χ1n) is 4.13. The molecule has 1 aromatic carbocycles. The Bertz CT molecular complexity index is 509. The summed E-state index contributed by atoms with van der Waals surface area (Å²) in [6.07, 6.45) is 1.37. The summed E-state index contributed by atoms with van der Waals surface area (Å²) < 4.78 is 14.0. The zero-order valence-corrected chi connectivity index (χ0v) is 8.37. The minimum absolute atomic E-state index is 0.250. The fraction of sp³-hybridized carbons (Fsp3) is 0. The standard InChI is InChI=1S/C9H8ClFN4/c10-7-3-5(11)1-2-6(7)8-9(12)15(13)4-14-8/h1-4H,12-13H2. The molecule has 2 rings (SSSR count). The van der Waals surface area contributed by atoms with Crippen LogP contribution < -0.4 is 11.6 Å². The van der Waals surface area contributed by atoms with Crippen LogP contribution in [0.1, 0.15) is 0 Å².